The molecular formula is C18H22N4O. The fourth-order valence-corrected chi connectivity index (χ4v) is 3.71. The van der Waals surface area contributed by atoms with Crippen LogP contribution in [0.15, 0.2) is 36.5 Å². The summed E-state index contributed by atoms with van der Waals surface area (Å²) in [5.41, 5.74) is 3.68. The van der Waals surface area contributed by atoms with Gasteiger partial charge in [-0.25, -0.2) is 0 Å². The maximum Gasteiger partial charge on any atom is 0.226 e. The fourth-order valence-electron chi connectivity index (χ4n) is 3.71. The Morgan fingerprint density at radius 2 is 1.91 bits per heavy atom. The third-order valence-electron chi connectivity index (χ3n) is 5.08. The smallest absolute Gasteiger partial charge is 0.226 e. The van der Waals surface area contributed by atoms with Crippen LogP contribution >= 0.6 is 0 Å². The number of H-pyrrole nitrogens is 1. The predicted octanol–water partition coefficient (Wildman–Crippen LogP) is 1.86. The number of rotatable bonds is 2. The van der Waals surface area contributed by atoms with Crippen LogP contribution in [0.3, 0.4) is 0 Å². The van der Waals surface area contributed by atoms with E-state index in [1.54, 1.807) is 0 Å². The molecule has 2 heterocycles. The number of fused-ring (bicyclic) bond motifs is 1. The molecule has 120 valence electrons. The molecule has 23 heavy (non-hydrogen) atoms. The van der Waals surface area contributed by atoms with Crippen molar-refractivity contribution in [3.8, 4) is 0 Å². The summed E-state index contributed by atoms with van der Waals surface area (Å²) >= 11 is 0. The molecule has 2 aromatic rings. The van der Waals surface area contributed by atoms with E-state index >= 15 is 0 Å². The topological polar surface area (TPSA) is 52.2 Å². The Hall–Kier alpha value is -2.30. The molecule has 1 atom stereocenters. The number of carbonyl (C=O) groups excluding carboxylic acids is 1. The number of aromatic nitrogens is 2. The molecule has 5 nitrogen and oxygen atoms in total. The number of benzene rings is 1. The number of carbonyl (C=O) groups is 1. The zero-order chi connectivity index (χ0) is 15.6. The van der Waals surface area contributed by atoms with Crippen LogP contribution in [0.2, 0.25) is 0 Å². The fraction of sp³-hybridized carbons (Fsp3) is 0.444. The van der Waals surface area contributed by atoms with E-state index in [0.717, 1.165) is 45.4 Å². The number of piperazine rings is 1. The zero-order valence-electron chi connectivity index (χ0n) is 13.2. The van der Waals surface area contributed by atoms with Gasteiger partial charge in [0.05, 0.1) is 6.20 Å². The first-order valence-electron chi connectivity index (χ1n) is 8.41. The molecule has 1 N–H and O–H groups in total. The Balaban J connectivity index is 1.36. The summed E-state index contributed by atoms with van der Waals surface area (Å²) in [6.07, 6.45) is 4.59. The van der Waals surface area contributed by atoms with Crippen LogP contribution in [-0.2, 0) is 17.6 Å². The summed E-state index contributed by atoms with van der Waals surface area (Å²) < 4.78 is 0. The Morgan fingerprint density at radius 3 is 2.70 bits per heavy atom. The number of aromatic amines is 1. The van der Waals surface area contributed by atoms with Gasteiger partial charge in [0.1, 0.15) is 0 Å². The minimum Gasteiger partial charge on any atom is -0.368 e. The summed E-state index contributed by atoms with van der Waals surface area (Å²) in [6, 6.07) is 10.4. The van der Waals surface area contributed by atoms with Crippen LogP contribution in [0.5, 0.6) is 0 Å². The maximum atomic E-state index is 12.8. The van der Waals surface area contributed by atoms with Crippen LogP contribution < -0.4 is 4.90 Å². The highest BCUT2D eigenvalue weighted by molar-refractivity contribution is 5.79. The van der Waals surface area contributed by atoms with Gasteiger partial charge >= 0.3 is 0 Å². The first kappa shape index (κ1) is 14.3. The summed E-state index contributed by atoms with van der Waals surface area (Å²) in [4.78, 5) is 17.2. The lowest BCUT2D eigenvalue weighted by atomic mass is 9.87. The van der Waals surface area contributed by atoms with Crippen LogP contribution in [0.4, 0.5) is 5.69 Å². The molecule has 1 aromatic heterocycles. The van der Waals surface area contributed by atoms with E-state index in [1.165, 1.54) is 16.9 Å². The lowest BCUT2D eigenvalue weighted by molar-refractivity contribution is -0.136. The van der Waals surface area contributed by atoms with Gasteiger partial charge in [-0.15, -0.1) is 0 Å². The Bertz CT molecular complexity index is 673. The Labute approximate surface area is 136 Å². The monoisotopic (exact) mass is 310 g/mol. The number of hydrogen-bond acceptors (Lipinski definition) is 3. The lowest BCUT2D eigenvalue weighted by Crippen LogP contribution is -2.51. The van der Waals surface area contributed by atoms with E-state index in [2.05, 4.69) is 44.3 Å². The van der Waals surface area contributed by atoms with Crippen molar-refractivity contribution in [2.45, 2.75) is 19.3 Å². The second kappa shape index (κ2) is 6.07. The van der Waals surface area contributed by atoms with Gasteiger partial charge in [0, 0.05) is 43.5 Å². The van der Waals surface area contributed by atoms with Crippen LogP contribution in [0, 0.1) is 5.92 Å². The van der Waals surface area contributed by atoms with Crippen molar-refractivity contribution in [3.63, 3.8) is 0 Å². The second-order valence-corrected chi connectivity index (χ2v) is 6.46. The summed E-state index contributed by atoms with van der Waals surface area (Å²) in [7, 11) is 0. The molecule has 0 spiro atoms. The molecule has 5 heteroatoms. The van der Waals surface area contributed by atoms with Gasteiger partial charge in [0.15, 0.2) is 0 Å². The number of nitrogens with zero attached hydrogens (tertiary/aromatic N) is 3. The average Bonchev–Trinajstić information content (AvgIpc) is 3.10. The number of hydrogen-bond donors (Lipinski definition) is 1. The Kier molecular flexibility index (Phi) is 3.77. The van der Waals surface area contributed by atoms with Crippen molar-refractivity contribution in [1.82, 2.24) is 15.1 Å². The highest BCUT2D eigenvalue weighted by Crippen LogP contribution is 2.26. The summed E-state index contributed by atoms with van der Waals surface area (Å²) in [6.45, 7) is 3.48. The number of aryl methyl sites for hydroxylation is 1. The minimum atomic E-state index is 0.128. The highest BCUT2D eigenvalue weighted by Gasteiger charge is 2.30. The van der Waals surface area contributed by atoms with Crippen molar-refractivity contribution in [1.29, 1.82) is 0 Å². The van der Waals surface area contributed by atoms with Crippen molar-refractivity contribution < 1.29 is 4.79 Å². The summed E-state index contributed by atoms with van der Waals surface area (Å²) in [5, 5.41) is 7.14. The number of nitrogens with one attached hydrogen (secondary N) is 1. The quantitative estimate of drug-likeness (QED) is 0.921. The normalized spacial score (nSPS) is 21.1. The van der Waals surface area contributed by atoms with Gasteiger partial charge in [0.2, 0.25) is 5.91 Å². The third-order valence-corrected chi connectivity index (χ3v) is 5.08. The molecule has 0 bridgehead atoms. The third kappa shape index (κ3) is 2.83. The van der Waals surface area contributed by atoms with Crippen LogP contribution in [0.1, 0.15) is 17.7 Å². The van der Waals surface area contributed by atoms with E-state index in [4.69, 9.17) is 0 Å². The van der Waals surface area contributed by atoms with E-state index in [-0.39, 0.29) is 5.92 Å². The number of amides is 1. The second-order valence-electron chi connectivity index (χ2n) is 6.46. The van der Waals surface area contributed by atoms with Crippen molar-refractivity contribution in [2.24, 2.45) is 5.92 Å². The molecule has 0 radical (unpaired) electrons. The van der Waals surface area contributed by atoms with Crippen molar-refractivity contribution >= 4 is 11.6 Å². The molecule has 1 aliphatic carbocycles. The number of para-hydroxylation sites is 1. The first-order valence-corrected chi connectivity index (χ1v) is 8.41. The lowest BCUT2D eigenvalue weighted by Gasteiger charge is -2.38. The molecule has 1 aromatic carbocycles. The minimum absolute atomic E-state index is 0.128. The van der Waals surface area contributed by atoms with Gasteiger partial charge in [-0.1, -0.05) is 18.2 Å². The van der Waals surface area contributed by atoms with E-state index < -0.39 is 0 Å². The molecule has 1 saturated heterocycles. The van der Waals surface area contributed by atoms with Crippen molar-refractivity contribution in [2.75, 3.05) is 31.1 Å². The molecule has 1 unspecified atom stereocenters. The van der Waals surface area contributed by atoms with Gasteiger partial charge in [-0.05, 0) is 37.0 Å². The van der Waals surface area contributed by atoms with E-state index in [1.807, 2.05) is 12.3 Å². The molecule has 1 aliphatic heterocycles. The van der Waals surface area contributed by atoms with Crippen LogP contribution in [0.25, 0.3) is 0 Å². The zero-order valence-corrected chi connectivity index (χ0v) is 13.2. The van der Waals surface area contributed by atoms with Gasteiger partial charge in [0.25, 0.3) is 0 Å². The molecular weight excluding hydrogens is 288 g/mol. The van der Waals surface area contributed by atoms with Gasteiger partial charge in [-0.3, -0.25) is 9.89 Å². The van der Waals surface area contributed by atoms with Crippen LogP contribution in [-0.4, -0.2) is 47.2 Å². The van der Waals surface area contributed by atoms with Crippen molar-refractivity contribution in [3.05, 3.63) is 47.8 Å². The maximum absolute atomic E-state index is 12.8. The molecule has 1 fully saturated rings. The molecule has 1 amide bonds. The average molecular weight is 310 g/mol. The van der Waals surface area contributed by atoms with Gasteiger partial charge < -0.3 is 9.80 Å². The van der Waals surface area contributed by atoms with Gasteiger partial charge in [-0.2, -0.15) is 5.10 Å². The first-order chi connectivity index (χ1) is 11.3. The molecule has 4 rings (SSSR count). The Morgan fingerprint density at radius 1 is 1.13 bits per heavy atom. The standard InChI is InChI=1S/C18H22N4O/c23-18(14-6-7-17-15(12-14)13-19-20-17)22-10-8-21(9-11-22)16-4-2-1-3-5-16/h1-5,13-14H,6-12H2,(H,19,20). The highest BCUT2D eigenvalue weighted by atomic mass is 16.2. The largest absolute Gasteiger partial charge is 0.368 e. The number of anilines is 1. The SMILES string of the molecule is O=C(C1CCc2[nH]ncc2C1)N1CCN(c2ccccc2)CC1. The predicted molar refractivity (Wildman–Crippen MR) is 89.3 cm³/mol. The van der Waals surface area contributed by atoms with E-state index in [0.29, 0.717) is 5.91 Å². The van der Waals surface area contributed by atoms with E-state index in [9.17, 15) is 4.79 Å². The molecule has 0 saturated carbocycles. The molecule has 2 aliphatic rings. The summed E-state index contributed by atoms with van der Waals surface area (Å²) in [5.74, 6) is 0.452.